The standard InChI is InChI=1S/C15H28N2O3/c1-4-8-14(13(19)20)9-7-10-17(11-14)12(18)15(16,5-2)6-3/h4-11,16H2,1-3H3,(H,19,20). The van der Waals surface area contributed by atoms with Gasteiger partial charge >= 0.3 is 5.97 Å². The molecule has 3 N–H and O–H groups in total. The molecule has 0 aromatic carbocycles. The predicted molar refractivity (Wildman–Crippen MR) is 78.3 cm³/mol. The van der Waals surface area contributed by atoms with Crippen LogP contribution in [0, 0.1) is 5.41 Å². The van der Waals surface area contributed by atoms with E-state index in [4.69, 9.17) is 5.73 Å². The van der Waals surface area contributed by atoms with Gasteiger partial charge in [0.15, 0.2) is 0 Å². The summed E-state index contributed by atoms with van der Waals surface area (Å²) in [6.07, 6.45) is 3.96. The van der Waals surface area contributed by atoms with Gasteiger partial charge in [0.2, 0.25) is 5.91 Å². The lowest BCUT2D eigenvalue weighted by molar-refractivity contribution is -0.157. The minimum atomic E-state index is -0.853. The van der Waals surface area contributed by atoms with E-state index in [-0.39, 0.29) is 5.91 Å². The van der Waals surface area contributed by atoms with Crippen LogP contribution in [0.3, 0.4) is 0 Å². The summed E-state index contributed by atoms with van der Waals surface area (Å²) in [5.74, 6) is -0.878. The molecule has 1 fully saturated rings. The second-order valence-corrected chi connectivity index (χ2v) is 6.03. The number of carbonyl (C=O) groups excluding carboxylic acids is 1. The Hall–Kier alpha value is -1.10. The molecule has 0 bridgehead atoms. The average Bonchev–Trinajstić information content (AvgIpc) is 2.46. The van der Waals surface area contributed by atoms with Crippen LogP contribution in [0.1, 0.15) is 59.3 Å². The molecule has 1 saturated heterocycles. The molecule has 1 heterocycles. The largest absolute Gasteiger partial charge is 0.481 e. The van der Waals surface area contributed by atoms with Gasteiger partial charge in [0.25, 0.3) is 0 Å². The number of carboxylic acids is 1. The molecule has 116 valence electrons. The van der Waals surface area contributed by atoms with Crippen LogP contribution < -0.4 is 5.73 Å². The number of nitrogens with two attached hydrogens (primary N) is 1. The lowest BCUT2D eigenvalue weighted by atomic mass is 9.75. The first-order chi connectivity index (χ1) is 9.35. The van der Waals surface area contributed by atoms with E-state index >= 15 is 0 Å². The first-order valence-corrected chi connectivity index (χ1v) is 7.67. The molecule has 1 unspecified atom stereocenters. The Balaban J connectivity index is 2.93. The molecular weight excluding hydrogens is 256 g/mol. The van der Waals surface area contributed by atoms with Crippen LogP contribution in [0.4, 0.5) is 0 Å². The molecule has 0 saturated carbocycles. The van der Waals surface area contributed by atoms with E-state index in [2.05, 4.69) is 0 Å². The van der Waals surface area contributed by atoms with E-state index in [0.29, 0.717) is 38.8 Å². The summed E-state index contributed by atoms with van der Waals surface area (Å²) in [5, 5.41) is 9.57. The summed E-state index contributed by atoms with van der Waals surface area (Å²) in [4.78, 5) is 25.9. The Bertz CT molecular complexity index is 362. The number of nitrogens with zero attached hydrogens (tertiary/aromatic N) is 1. The zero-order valence-corrected chi connectivity index (χ0v) is 12.9. The van der Waals surface area contributed by atoms with E-state index in [9.17, 15) is 14.7 Å². The van der Waals surface area contributed by atoms with Crippen molar-refractivity contribution in [2.24, 2.45) is 11.1 Å². The summed E-state index contributed by atoms with van der Waals surface area (Å²) in [6.45, 7) is 6.71. The van der Waals surface area contributed by atoms with Crippen molar-refractivity contribution in [3.05, 3.63) is 0 Å². The van der Waals surface area contributed by atoms with Crippen molar-refractivity contribution in [2.45, 2.75) is 64.8 Å². The molecule has 0 aromatic heterocycles. The van der Waals surface area contributed by atoms with Gasteiger partial charge in [0.05, 0.1) is 11.0 Å². The topological polar surface area (TPSA) is 83.6 Å². The van der Waals surface area contributed by atoms with Crippen molar-refractivity contribution in [1.82, 2.24) is 4.90 Å². The van der Waals surface area contributed by atoms with E-state index in [1.54, 1.807) is 4.90 Å². The molecule has 1 aliphatic rings. The Morgan fingerprint density at radius 3 is 2.35 bits per heavy atom. The van der Waals surface area contributed by atoms with E-state index in [1.807, 2.05) is 20.8 Å². The fourth-order valence-electron chi connectivity index (χ4n) is 3.14. The Kier molecular flexibility index (Phi) is 5.57. The number of aliphatic carboxylic acids is 1. The van der Waals surface area contributed by atoms with Crippen LogP contribution in [0.25, 0.3) is 0 Å². The molecule has 0 aliphatic carbocycles. The van der Waals surface area contributed by atoms with Crippen LogP contribution in [-0.4, -0.2) is 40.5 Å². The van der Waals surface area contributed by atoms with Crippen molar-refractivity contribution in [3.63, 3.8) is 0 Å². The number of amides is 1. The lowest BCUT2D eigenvalue weighted by Gasteiger charge is -2.43. The van der Waals surface area contributed by atoms with Gasteiger partial charge in [0, 0.05) is 13.1 Å². The van der Waals surface area contributed by atoms with Gasteiger partial charge < -0.3 is 15.7 Å². The SMILES string of the molecule is CCCC1(C(=O)O)CCCN(C(=O)C(N)(CC)CC)C1. The average molecular weight is 284 g/mol. The van der Waals surface area contributed by atoms with Crippen molar-refractivity contribution in [3.8, 4) is 0 Å². The molecule has 1 rings (SSSR count). The molecule has 5 nitrogen and oxygen atoms in total. The highest BCUT2D eigenvalue weighted by atomic mass is 16.4. The van der Waals surface area contributed by atoms with Crippen LogP contribution >= 0.6 is 0 Å². The molecule has 20 heavy (non-hydrogen) atoms. The number of likely N-dealkylation sites (tertiary alicyclic amines) is 1. The highest BCUT2D eigenvalue weighted by Gasteiger charge is 2.45. The number of carbonyl (C=O) groups is 2. The molecule has 1 amide bonds. The minimum Gasteiger partial charge on any atom is -0.481 e. The predicted octanol–water partition coefficient (Wildman–Crippen LogP) is 2.00. The summed E-state index contributed by atoms with van der Waals surface area (Å²) in [6, 6.07) is 0. The molecule has 5 heteroatoms. The van der Waals surface area contributed by atoms with Crippen LogP contribution in [0.15, 0.2) is 0 Å². The van der Waals surface area contributed by atoms with Crippen molar-refractivity contribution in [2.75, 3.05) is 13.1 Å². The van der Waals surface area contributed by atoms with Gasteiger partial charge in [-0.3, -0.25) is 9.59 Å². The third-order valence-corrected chi connectivity index (χ3v) is 4.73. The zero-order chi connectivity index (χ0) is 15.4. The fourth-order valence-corrected chi connectivity index (χ4v) is 3.14. The maximum absolute atomic E-state index is 12.6. The molecule has 0 aromatic rings. The number of piperidine rings is 1. The van der Waals surface area contributed by atoms with Crippen LogP contribution in [-0.2, 0) is 9.59 Å². The highest BCUT2D eigenvalue weighted by molar-refractivity contribution is 5.87. The molecule has 0 radical (unpaired) electrons. The van der Waals surface area contributed by atoms with Gasteiger partial charge in [-0.25, -0.2) is 0 Å². The van der Waals surface area contributed by atoms with Crippen molar-refractivity contribution < 1.29 is 14.7 Å². The zero-order valence-electron chi connectivity index (χ0n) is 12.9. The second kappa shape index (κ2) is 6.57. The minimum absolute atomic E-state index is 0.0936. The normalized spacial score (nSPS) is 23.7. The van der Waals surface area contributed by atoms with Crippen LogP contribution in [0.2, 0.25) is 0 Å². The quantitative estimate of drug-likeness (QED) is 0.781. The van der Waals surface area contributed by atoms with E-state index in [0.717, 1.165) is 12.8 Å². The number of carboxylic acid groups (broad SMARTS) is 1. The molecule has 1 aliphatic heterocycles. The molecular formula is C15H28N2O3. The first-order valence-electron chi connectivity index (χ1n) is 7.67. The summed E-state index contributed by atoms with van der Waals surface area (Å²) < 4.78 is 0. The Morgan fingerprint density at radius 2 is 1.90 bits per heavy atom. The molecule has 1 atom stereocenters. The van der Waals surface area contributed by atoms with E-state index in [1.165, 1.54) is 0 Å². The van der Waals surface area contributed by atoms with Gasteiger partial charge in [0.1, 0.15) is 0 Å². The van der Waals surface area contributed by atoms with Crippen molar-refractivity contribution >= 4 is 11.9 Å². The van der Waals surface area contributed by atoms with E-state index < -0.39 is 16.9 Å². The van der Waals surface area contributed by atoms with Gasteiger partial charge in [-0.05, 0) is 32.1 Å². The van der Waals surface area contributed by atoms with Crippen LogP contribution in [0.5, 0.6) is 0 Å². The first kappa shape index (κ1) is 17.0. The smallest absolute Gasteiger partial charge is 0.311 e. The highest BCUT2D eigenvalue weighted by Crippen LogP contribution is 2.36. The second-order valence-electron chi connectivity index (χ2n) is 6.03. The molecule has 0 spiro atoms. The van der Waals surface area contributed by atoms with Gasteiger partial charge in [-0.1, -0.05) is 27.2 Å². The van der Waals surface area contributed by atoms with Gasteiger partial charge in [-0.2, -0.15) is 0 Å². The third kappa shape index (κ3) is 3.14. The number of hydrogen-bond acceptors (Lipinski definition) is 3. The number of hydrogen-bond donors (Lipinski definition) is 2. The third-order valence-electron chi connectivity index (χ3n) is 4.73. The number of rotatable bonds is 6. The van der Waals surface area contributed by atoms with Crippen molar-refractivity contribution in [1.29, 1.82) is 0 Å². The van der Waals surface area contributed by atoms with Gasteiger partial charge in [-0.15, -0.1) is 0 Å². The maximum atomic E-state index is 12.6. The monoisotopic (exact) mass is 284 g/mol. The lowest BCUT2D eigenvalue weighted by Crippen LogP contribution is -2.59. The Morgan fingerprint density at radius 1 is 1.30 bits per heavy atom. The summed E-state index contributed by atoms with van der Waals surface area (Å²) in [5.41, 5.74) is 4.53. The fraction of sp³-hybridized carbons (Fsp3) is 0.867. The maximum Gasteiger partial charge on any atom is 0.311 e. The summed E-state index contributed by atoms with van der Waals surface area (Å²) >= 11 is 0. The summed E-state index contributed by atoms with van der Waals surface area (Å²) in [7, 11) is 0. The Labute approximate surface area is 121 Å².